The minimum Gasteiger partial charge on any atom is -0.352 e. The average molecular weight is 589 g/mol. The maximum absolute atomic E-state index is 13.9. The van der Waals surface area contributed by atoms with Crippen molar-refractivity contribution in [3.8, 4) is 0 Å². The lowest BCUT2D eigenvalue weighted by atomic mass is 10.1. The number of hydrogen-bond donors (Lipinski definition) is 1. The molecule has 1 atom stereocenters. The van der Waals surface area contributed by atoms with Gasteiger partial charge in [-0.15, -0.1) is 0 Å². The molecule has 1 fully saturated rings. The number of nitrogens with zero attached hydrogens (tertiary/aromatic N) is 2. The maximum Gasteiger partial charge on any atom is 0.264 e. The van der Waals surface area contributed by atoms with Gasteiger partial charge in [-0.05, 0) is 73.9 Å². The van der Waals surface area contributed by atoms with Crippen molar-refractivity contribution in [2.24, 2.45) is 0 Å². The van der Waals surface area contributed by atoms with Crippen LogP contribution in [0.3, 0.4) is 0 Å². The molecule has 3 aromatic rings. The largest absolute Gasteiger partial charge is 0.352 e. The van der Waals surface area contributed by atoms with Crippen molar-refractivity contribution in [1.29, 1.82) is 0 Å². The van der Waals surface area contributed by atoms with Gasteiger partial charge in [0.1, 0.15) is 12.6 Å². The minimum atomic E-state index is -4.14. The monoisotopic (exact) mass is 587 g/mol. The molecule has 0 radical (unpaired) electrons. The standard InChI is InChI=1S/C29H31Cl2N3O4S/c1-21(29(36)32-25-10-5-6-11-25)33(19-22-8-7-9-24(31)18-22)28(35)20-34(26-12-3-2-4-13-26)39(37,38)27-16-14-23(30)15-17-27/h2-4,7-9,12-18,21,25H,5-6,10-11,19-20H2,1H3,(H,32,36)/t21-/m1/s1. The van der Waals surface area contributed by atoms with E-state index >= 15 is 0 Å². The molecule has 3 aromatic carbocycles. The van der Waals surface area contributed by atoms with E-state index in [4.69, 9.17) is 23.2 Å². The number of rotatable bonds is 10. The number of carbonyl (C=O) groups excluding carboxylic acids is 2. The molecule has 4 rings (SSSR count). The van der Waals surface area contributed by atoms with Crippen LogP contribution < -0.4 is 9.62 Å². The predicted octanol–water partition coefficient (Wildman–Crippen LogP) is 5.66. The van der Waals surface area contributed by atoms with Gasteiger partial charge in [0.25, 0.3) is 10.0 Å². The van der Waals surface area contributed by atoms with Crippen LogP contribution in [0.25, 0.3) is 0 Å². The summed E-state index contributed by atoms with van der Waals surface area (Å²) in [6.45, 7) is 1.24. The van der Waals surface area contributed by atoms with Crippen LogP contribution in [0.1, 0.15) is 38.2 Å². The van der Waals surface area contributed by atoms with Crippen LogP contribution in [-0.2, 0) is 26.2 Å². The number of halogens is 2. The van der Waals surface area contributed by atoms with E-state index < -0.39 is 28.5 Å². The Morgan fingerprint density at radius 1 is 0.923 bits per heavy atom. The fourth-order valence-corrected chi connectivity index (χ4v) is 6.42. The quantitative estimate of drug-likeness (QED) is 0.331. The van der Waals surface area contributed by atoms with Crippen molar-refractivity contribution < 1.29 is 18.0 Å². The van der Waals surface area contributed by atoms with Crippen molar-refractivity contribution in [3.05, 3.63) is 94.5 Å². The Labute approximate surface area is 239 Å². The Morgan fingerprint density at radius 3 is 2.23 bits per heavy atom. The van der Waals surface area contributed by atoms with E-state index in [-0.39, 0.29) is 23.4 Å². The van der Waals surface area contributed by atoms with Crippen molar-refractivity contribution in [2.75, 3.05) is 10.8 Å². The van der Waals surface area contributed by atoms with Gasteiger partial charge in [-0.2, -0.15) is 0 Å². The first-order chi connectivity index (χ1) is 18.6. The number of anilines is 1. The topological polar surface area (TPSA) is 86.8 Å². The van der Waals surface area contributed by atoms with Crippen LogP contribution in [-0.4, -0.2) is 43.8 Å². The number of amides is 2. The summed E-state index contributed by atoms with van der Waals surface area (Å²) in [7, 11) is -4.14. The Morgan fingerprint density at radius 2 is 1.59 bits per heavy atom. The van der Waals surface area contributed by atoms with Gasteiger partial charge < -0.3 is 10.2 Å². The second-order valence-corrected chi connectivity index (χ2v) is 12.4. The smallest absolute Gasteiger partial charge is 0.264 e. The molecule has 0 spiro atoms. The summed E-state index contributed by atoms with van der Waals surface area (Å²) in [6.07, 6.45) is 3.92. The zero-order valence-electron chi connectivity index (χ0n) is 21.6. The summed E-state index contributed by atoms with van der Waals surface area (Å²) in [5, 5.41) is 3.95. The number of benzene rings is 3. The lowest BCUT2D eigenvalue weighted by Crippen LogP contribution is -2.52. The highest BCUT2D eigenvalue weighted by Gasteiger charge is 2.33. The molecule has 206 valence electrons. The third-order valence-electron chi connectivity index (χ3n) is 6.84. The Kier molecular flexibility index (Phi) is 9.53. The molecular formula is C29H31Cl2N3O4S. The van der Waals surface area contributed by atoms with E-state index in [0.29, 0.717) is 15.7 Å². The molecule has 0 saturated heterocycles. The number of sulfonamides is 1. The molecule has 1 aliphatic rings. The van der Waals surface area contributed by atoms with Gasteiger partial charge in [-0.25, -0.2) is 8.42 Å². The summed E-state index contributed by atoms with van der Waals surface area (Å²) >= 11 is 12.2. The highest BCUT2D eigenvalue weighted by atomic mass is 35.5. The number of carbonyl (C=O) groups is 2. The predicted molar refractivity (Wildman–Crippen MR) is 154 cm³/mol. The molecule has 1 aliphatic carbocycles. The van der Waals surface area contributed by atoms with Crippen molar-refractivity contribution >= 4 is 50.7 Å². The van der Waals surface area contributed by atoms with Crippen LogP contribution in [0.2, 0.25) is 10.0 Å². The van der Waals surface area contributed by atoms with Crippen LogP contribution in [0.5, 0.6) is 0 Å². The minimum absolute atomic E-state index is 0.00281. The first-order valence-corrected chi connectivity index (χ1v) is 15.0. The van der Waals surface area contributed by atoms with Gasteiger partial charge in [0, 0.05) is 22.6 Å². The normalized spacial score (nSPS) is 14.5. The summed E-state index contributed by atoms with van der Waals surface area (Å²) in [4.78, 5) is 28.6. The fraction of sp³-hybridized carbons (Fsp3) is 0.310. The molecule has 39 heavy (non-hydrogen) atoms. The van der Waals surface area contributed by atoms with Gasteiger partial charge in [-0.1, -0.05) is 66.4 Å². The molecule has 0 unspecified atom stereocenters. The maximum atomic E-state index is 13.9. The van der Waals surface area contributed by atoms with E-state index in [1.807, 2.05) is 6.07 Å². The van der Waals surface area contributed by atoms with E-state index in [0.717, 1.165) is 35.6 Å². The number of para-hydroxylation sites is 1. The fourth-order valence-electron chi connectivity index (χ4n) is 4.66. The molecule has 7 nitrogen and oxygen atoms in total. The highest BCUT2D eigenvalue weighted by molar-refractivity contribution is 7.92. The molecule has 0 bridgehead atoms. The van der Waals surface area contributed by atoms with Gasteiger partial charge >= 0.3 is 0 Å². The van der Waals surface area contributed by atoms with E-state index in [2.05, 4.69) is 5.32 Å². The van der Waals surface area contributed by atoms with Crippen molar-refractivity contribution in [1.82, 2.24) is 10.2 Å². The third kappa shape index (κ3) is 7.32. The number of nitrogens with one attached hydrogen (secondary N) is 1. The molecule has 0 heterocycles. The zero-order valence-corrected chi connectivity index (χ0v) is 23.9. The molecule has 1 saturated carbocycles. The van der Waals surface area contributed by atoms with Crippen LogP contribution in [0.4, 0.5) is 5.69 Å². The molecule has 0 aromatic heterocycles. The third-order valence-corrected chi connectivity index (χ3v) is 9.11. The Balaban J connectivity index is 1.66. The molecule has 0 aliphatic heterocycles. The molecule has 1 N–H and O–H groups in total. The van der Waals surface area contributed by atoms with E-state index in [1.165, 1.54) is 29.2 Å². The first kappa shape index (κ1) is 28.9. The zero-order chi connectivity index (χ0) is 28.0. The lowest BCUT2D eigenvalue weighted by molar-refractivity contribution is -0.139. The van der Waals surface area contributed by atoms with Crippen LogP contribution in [0, 0.1) is 0 Å². The van der Waals surface area contributed by atoms with Gasteiger partial charge in [0.15, 0.2) is 0 Å². The number of hydrogen-bond acceptors (Lipinski definition) is 4. The summed E-state index contributed by atoms with van der Waals surface area (Å²) in [5.41, 5.74) is 1.05. The van der Waals surface area contributed by atoms with Gasteiger partial charge in [0.2, 0.25) is 11.8 Å². The Bertz CT molecular complexity index is 1400. The van der Waals surface area contributed by atoms with Gasteiger partial charge in [0.05, 0.1) is 10.6 Å². The molecule has 10 heteroatoms. The Hall–Kier alpha value is -3.07. The van der Waals surface area contributed by atoms with Crippen LogP contribution in [0.15, 0.2) is 83.8 Å². The second kappa shape index (κ2) is 12.9. The summed E-state index contributed by atoms with van der Waals surface area (Å²) in [5.74, 6) is -0.797. The summed E-state index contributed by atoms with van der Waals surface area (Å²) < 4.78 is 28.6. The van der Waals surface area contributed by atoms with Crippen molar-refractivity contribution in [2.45, 2.75) is 56.1 Å². The van der Waals surface area contributed by atoms with Crippen molar-refractivity contribution in [3.63, 3.8) is 0 Å². The van der Waals surface area contributed by atoms with E-state index in [1.54, 1.807) is 55.5 Å². The lowest BCUT2D eigenvalue weighted by Gasteiger charge is -2.32. The van der Waals surface area contributed by atoms with E-state index in [9.17, 15) is 18.0 Å². The van der Waals surface area contributed by atoms with Gasteiger partial charge in [-0.3, -0.25) is 13.9 Å². The highest BCUT2D eigenvalue weighted by Crippen LogP contribution is 2.26. The van der Waals surface area contributed by atoms with Crippen LogP contribution >= 0.6 is 23.2 Å². The molecular weight excluding hydrogens is 557 g/mol. The molecule has 2 amide bonds. The summed E-state index contributed by atoms with van der Waals surface area (Å²) in [6, 6.07) is 20.5. The average Bonchev–Trinajstić information content (AvgIpc) is 3.43. The second-order valence-electron chi connectivity index (χ2n) is 9.62. The first-order valence-electron chi connectivity index (χ1n) is 12.8. The SMILES string of the molecule is C[C@H](C(=O)NC1CCCC1)N(Cc1cccc(Cl)c1)C(=O)CN(c1ccccc1)S(=O)(=O)c1ccc(Cl)cc1.